The molecule has 1 aliphatic rings. The summed E-state index contributed by atoms with van der Waals surface area (Å²) in [5.74, 6) is 0. The van der Waals surface area contributed by atoms with E-state index in [9.17, 15) is 10.1 Å². The first-order valence-electron chi connectivity index (χ1n) is 5.16. The lowest BCUT2D eigenvalue weighted by atomic mass is 9.93. The number of nitrogens with zero attached hydrogens (tertiary/aromatic N) is 2. The number of nitro groups is 1. The first kappa shape index (κ1) is 10.4. The summed E-state index contributed by atoms with van der Waals surface area (Å²) in [7, 11) is 0. The topological polar surface area (TPSA) is 79.0 Å². The molecule has 0 saturated heterocycles. The highest BCUT2D eigenvalue weighted by atomic mass is 16.6. The molecule has 82 valence electrons. The van der Waals surface area contributed by atoms with Crippen molar-refractivity contribution < 1.29 is 4.92 Å². The lowest BCUT2D eigenvalue weighted by Gasteiger charge is -2.27. The average Bonchev–Trinajstić information content (AvgIpc) is 2.23. The Labute approximate surface area is 92.8 Å². The van der Waals surface area contributed by atoms with Gasteiger partial charge >= 0.3 is 0 Å². The molecule has 5 nitrogen and oxygen atoms in total. The van der Waals surface area contributed by atoms with Crippen LogP contribution in [0.4, 0.5) is 11.4 Å². The number of nitriles is 1. The summed E-state index contributed by atoms with van der Waals surface area (Å²) in [6.07, 6.45) is 3.47. The molecule has 1 saturated carbocycles. The second-order valence-electron chi connectivity index (χ2n) is 3.87. The van der Waals surface area contributed by atoms with E-state index in [1.165, 1.54) is 18.6 Å². The van der Waals surface area contributed by atoms with Crippen molar-refractivity contribution in [2.45, 2.75) is 25.3 Å². The molecule has 5 heteroatoms. The van der Waals surface area contributed by atoms with E-state index in [0.717, 1.165) is 18.5 Å². The molecule has 0 atom stereocenters. The van der Waals surface area contributed by atoms with E-state index < -0.39 is 4.92 Å². The maximum Gasteiger partial charge on any atom is 0.287 e. The molecule has 1 aliphatic carbocycles. The Hall–Kier alpha value is -2.09. The van der Waals surface area contributed by atoms with Crippen molar-refractivity contribution in [3.63, 3.8) is 0 Å². The zero-order chi connectivity index (χ0) is 11.5. The molecule has 16 heavy (non-hydrogen) atoms. The summed E-state index contributed by atoms with van der Waals surface area (Å²) in [5, 5.41) is 22.7. The lowest BCUT2D eigenvalue weighted by Crippen LogP contribution is -2.26. The minimum absolute atomic E-state index is 0.106. The molecular weight excluding hydrogens is 206 g/mol. The molecule has 0 amide bonds. The SMILES string of the molecule is N#Cc1cc(NC2CCC2)ccc1[N+](=O)[O-]. The molecule has 1 fully saturated rings. The fourth-order valence-corrected chi connectivity index (χ4v) is 1.66. The molecule has 1 N–H and O–H groups in total. The number of hydrogen-bond donors (Lipinski definition) is 1. The van der Waals surface area contributed by atoms with Crippen molar-refractivity contribution in [1.29, 1.82) is 5.26 Å². The third kappa shape index (κ3) is 1.96. The maximum atomic E-state index is 10.6. The third-order valence-electron chi connectivity index (χ3n) is 2.79. The van der Waals surface area contributed by atoms with E-state index in [4.69, 9.17) is 5.26 Å². The lowest BCUT2D eigenvalue weighted by molar-refractivity contribution is -0.385. The van der Waals surface area contributed by atoms with E-state index in [1.807, 2.05) is 6.07 Å². The van der Waals surface area contributed by atoms with Gasteiger partial charge in [0.2, 0.25) is 0 Å². The van der Waals surface area contributed by atoms with Crippen LogP contribution in [0.3, 0.4) is 0 Å². The van der Waals surface area contributed by atoms with Gasteiger partial charge in [0.15, 0.2) is 0 Å². The van der Waals surface area contributed by atoms with Gasteiger partial charge < -0.3 is 5.32 Å². The summed E-state index contributed by atoms with van der Waals surface area (Å²) in [4.78, 5) is 10.1. The third-order valence-corrected chi connectivity index (χ3v) is 2.79. The van der Waals surface area contributed by atoms with Gasteiger partial charge in [0.1, 0.15) is 11.6 Å². The van der Waals surface area contributed by atoms with Gasteiger partial charge in [-0.3, -0.25) is 10.1 Å². The van der Waals surface area contributed by atoms with Crippen molar-refractivity contribution >= 4 is 11.4 Å². The van der Waals surface area contributed by atoms with Crippen LogP contribution in [0.5, 0.6) is 0 Å². The van der Waals surface area contributed by atoms with Crippen LogP contribution in [0.1, 0.15) is 24.8 Å². The Bertz CT molecular complexity index is 461. The van der Waals surface area contributed by atoms with Crippen LogP contribution in [-0.4, -0.2) is 11.0 Å². The Kier molecular flexibility index (Phi) is 2.73. The molecule has 0 spiro atoms. The van der Waals surface area contributed by atoms with Crippen LogP contribution in [0.25, 0.3) is 0 Å². The average molecular weight is 217 g/mol. The Morgan fingerprint density at radius 1 is 1.50 bits per heavy atom. The standard InChI is InChI=1S/C11H11N3O2/c12-7-8-6-10(13-9-2-1-3-9)4-5-11(8)14(15)16/h4-6,9,13H,1-3H2. The second kappa shape index (κ2) is 4.19. The number of anilines is 1. The van der Waals surface area contributed by atoms with Gasteiger partial charge in [-0.15, -0.1) is 0 Å². The number of nitro benzene ring substituents is 1. The van der Waals surface area contributed by atoms with Crippen molar-refractivity contribution in [2.75, 3.05) is 5.32 Å². The minimum atomic E-state index is -0.536. The molecule has 0 aromatic heterocycles. The van der Waals surface area contributed by atoms with Crippen molar-refractivity contribution in [3.8, 4) is 6.07 Å². The number of hydrogen-bond acceptors (Lipinski definition) is 4. The normalized spacial score (nSPS) is 14.9. The summed E-state index contributed by atoms with van der Waals surface area (Å²) in [6, 6.07) is 6.86. The number of benzene rings is 1. The number of nitrogens with one attached hydrogen (secondary N) is 1. The summed E-state index contributed by atoms with van der Waals surface area (Å²) in [6.45, 7) is 0. The summed E-state index contributed by atoms with van der Waals surface area (Å²) >= 11 is 0. The first-order valence-corrected chi connectivity index (χ1v) is 5.16. The van der Waals surface area contributed by atoms with Gasteiger partial charge in [-0.25, -0.2) is 0 Å². The maximum absolute atomic E-state index is 10.6. The van der Waals surface area contributed by atoms with Crippen molar-refractivity contribution in [3.05, 3.63) is 33.9 Å². The van der Waals surface area contributed by atoms with E-state index in [0.29, 0.717) is 6.04 Å². The molecule has 2 rings (SSSR count). The minimum Gasteiger partial charge on any atom is -0.382 e. The Morgan fingerprint density at radius 3 is 2.75 bits per heavy atom. The molecule has 0 bridgehead atoms. The molecule has 1 aromatic rings. The predicted octanol–water partition coefficient (Wildman–Crippen LogP) is 2.43. The highest BCUT2D eigenvalue weighted by Crippen LogP contribution is 2.26. The van der Waals surface area contributed by atoms with E-state index in [-0.39, 0.29) is 11.3 Å². The van der Waals surface area contributed by atoms with Crippen LogP contribution < -0.4 is 5.32 Å². The van der Waals surface area contributed by atoms with Gasteiger partial charge in [0.05, 0.1) is 4.92 Å². The largest absolute Gasteiger partial charge is 0.382 e. The zero-order valence-electron chi connectivity index (χ0n) is 8.64. The second-order valence-corrected chi connectivity index (χ2v) is 3.87. The smallest absolute Gasteiger partial charge is 0.287 e. The molecular formula is C11H11N3O2. The quantitative estimate of drug-likeness (QED) is 0.622. The van der Waals surface area contributed by atoms with Gasteiger partial charge in [-0.1, -0.05) is 0 Å². The van der Waals surface area contributed by atoms with Crippen LogP contribution in [0.15, 0.2) is 18.2 Å². The van der Waals surface area contributed by atoms with Crippen LogP contribution >= 0.6 is 0 Å². The molecule has 1 aromatic carbocycles. The van der Waals surface area contributed by atoms with E-state index in [2.05, 4.69) is 5.32 Å². The van der Waals surface area contributed by atoms with Crippen molar-refractivity contribution in [1.82, 2.24) is 0 Å². The van der Waals surface area contributed by atoms with Crippen molar-refractivity contribution in [2.24, 2.45) is 0 Å². The summed E-state index contributed by atoms with van der Waals surface area (Å²) in [5.41, 5.74) is 0.753. The van der Waals surface area contributed by atoms with E-state index >= 15 is 0 Å². The van der Waals surface area contributed by atoms with Crippen LogP contribution in [0.2, 0.25) is 0 Å². The van der Waals surface area contributed by atoms with Gasteiger partial charge in [0, 0.05) is 17.8 Å². The van der Waals surface area contributed by atoms with Crippen LogP contribution in [0, 0.1) is 21.4 Å². The summed E-state index contributed by atoms with van der Waals surface area (Å²) < 4.78 is 0. The molecule has 0 aliphatic heterocycles. The fourth-order valence-electron chi connectivity index (χ4n) is 1.66. The highest BCUT2D eigenvalue weighted by molar-refractivity contribution is 5.59. The van der Waals surface area contributed by atoms with Gasteiger partial charge in [-0.05, 0) is 31.4 Å². The molecule has 0 unspecified atom stereocenters. The zero-order valence-corrected chi connectivity index (χ0v) is 8.64. The predicted molar refractivity (Wildman–Crippen MR) is 59.1 cm³/mol. The van der Waals surface area contributed by atoms with E-state index in [1.54, 1.807) is 6.07 Å². The Morgan fingerprint density at radius 2 is 2.25 bits per heavy atom. The highest BCUT2D eigenvalue weighted by Gasteiger charge is 2.19. The van der Waals surface area contributed by atoms with Crippen LogP contribution in [-0.2, 0) is 0 Å². The fraction of sp³-hybridized carbons (Fsp3) is 0.364. The first-order chi connectivity index (χ1) is 7.70. The van der Waals surface area contributed by atoms with Gasteiger partial charge in [-0.2, -0.15) is 5.26 Å². The Balaban J connectivity index is 2.22. The number of rotatable bonds is 3. The molecule has 0 heterocycles. The monoisotopic (exact) mass is 217 g/mol. The molecule has 0 radical (unpaired) electrons. The van der Waals surface area contributed by atoms with Gasteiger partial charge in [0.25, 0.3) is 5.69 Å².